The molecule has 0 saturated carbocycles. The Hall–Kier alpha value is -1.13. The number of benzene rings is 1. The van der Waals surface area contributed by atoms with Crippen LogP contribution in [-0.4, -0.2) is 18.6 Å². The summed E-state index contributed by atoms with van der Waals surface area (Å²) in [6.07, 6.45) is 0. The van der Waals surface area contributed by atoms with Crippen LogP contribution in [0.15, 0.2) is 18.2 Å². The lowest BCUT2D eigenvalue weighted by molar-refractivity contribution is 0.415. The Morgan fingerprint density at radius 3 is 2.94 bits per heavy atom. The highest BCUT2D eigenvalue weighted by atomic mass is 32.1. The summed E-state index contributed by atoms with van der Waals surface area (Å²) in [6, 6.07) is 6.00. The zero-order valence-corrected chi connectivity index (χ0v) is 11.3. The molecule has 3 nitrogen and oxygen atoms in total. The Labute approximate surface area is 106 Å². The number of nitrogens with zero attached hydrogens (tertiary/aromatic N) is 1. The first kappa shape index (κ1) is 12.3. The molecule has 0 unspecified atom stereocenters. The third-order valence-electron chi connectivity index (χ3n) is 2.47. The highest BCUT2D eigenvalue weighted by Crippen LogP contribution is 2.26. The van der Waals surface area contributed by atoms with Crippen LogP contribution in [0.1, 0.15) is 18.9 Å². The van der Waals surface area contributed by atoms with E-state index in [1.54, 1.807) is 18.4 Å². The highest BCUT2D eigenvalue weighted by molar-refractivity contribution is 7.18. The Kier molecular flexibility index (Phi) is 3.97. The largest absolute Gasteiger partial charge is 0.497 e. The van der Waals surface area contributed by atoms with Crippen LogP contribution in [0, 0.1) is 5.92 Å². The molecule has 0 amide bonds. The molecule has 17 heavy (non-hydrogen) atoms. The number of aromatic nitrogens is 1. The predicted molar refractivity (Wildman–Crippen MR) is 72.7 cm³/mol. The Balaban J connectivity index is 2.09. The van der Waals surface area contributed by atoms with E-state index in [9.17, 15) is 0 Å². The van der Waals surface area contributed by atoms with E-state index in [1.165, 1.54) is 4.70 Å². The third-order valence-corrected chi connectivity index (χ3v) is 3.49. The fraction of sp³-hybridized carbons (Fsp3) is 0.462. The molecule has 0 aliphatic rings. The van der Waals surface area contributed by atoms with Crippen LogP contribution in [-0.2, 0) is 6.54 Å². The molecule has 2 rings (SSSR count). The van der Waals surface area contributed by atoms with Crippen molar-refractivity contribution in [2.75, 3.05) is 13.7 Å². The van der Waals surface area contributed by atoms with Crippen molar-refractivity contribution in [2.24, 2.45) is 5.92 Å². The van der Waals surface area contributed by atoms with E-state index in [0.717, 1.165) is 29.4 Å². The summed E-state index contributed by atoms with van der Waals surface area (Å²) < 4.78 is 6.39. The fourth-order valence-electron chi connectivity index (χ4n) is 1.62. The molecule has 0 atom stereocenters. The summed E-state index contributed by atoms with van der Waals surface area (Å²) in [5.74, 6) is 1.56. The van der Waals surface area contributed by atoms with Gasteiger partial charge >= 0.3 is 0 Å². The Morgan fingerprint density at radius 1 is 1.41 bits per heavy atom. The zero-order chi connectivity index (χ0) is 12.3. The van der Waals surface area contributed by atoms with Crippen LogP contribution in [0.3, 0.4) is 0 Å². The van der Waals surface area contributed by atoms with E-state index in [2.05, 4.69) is 24.1 Å². The van der Waals surface area contributed by atoms with Crippen molar-refractivity contribution in [3.63, 3.8) is 0 Å². The van der Waals surface area contributed by atoms with Gasteiger partial charge in [0.2, 0.25) is 0 Å². The smallest absolute Gasteiger partial charge is 0.120 e. The minimum absolute atomic E-state index is 0.671. The molecule has 0 radical (unpaired) electrons. The van der Waals surface area contributed by atoms with Gasteiger partial charge in [-0.05, 0) is 30.7 Å². The second-order valence-electron chi connectivity index (χ2n) is 4.47. The van der Waals surface area contributed by atoms with Crippen LogP contribution >= 0.6 is 11.3 Å². The number of thiazole rings is 1. The molecular formula is C13H18N2OS. The van der Waals surface area contributed by atoms with Crippen LogP contribution < -0.4 is 10.1 Å². The second-order valence-corrected chi connectivity index (χ2v) is 5.58. The fourth-order valence-corrected chi connectivity index (χ4v) is 2.59. The van der Waals surface area contributed by atoms with Gasteiger partial charge in [0.05, 0.1) is 17.3 Å². The second kappa shape index (κ2) is 5.47. The third kappa shape index (κ3) is 3.17. The Morgan fingerprint density at radius 2 is 2.24 bits per heavy atom. The van der Waals surface area contributed by atoms with Gasteiger partial charge in [0.1, 0.15) is 10.8 Å². The van der Waals surface area contributed by atoms with Crippen molar-refractivity contribution in [3.8, 4) is 5.75 Å². The molecule has 1 N–H and O–H groups in total. The van der Waals surface area contributed by atoms with Crippen molar-refractivity contribution in [2.45, 2.75) is 20.4 Å². The minimum atomic E-state index is 0.671. The number of rotatable bonds is 5. The molecule has 0 aliphatic heterocycles. The van der Waals surface area contributed by atoms with Gasteiger partial charge in [0.25, 0.3) is 0 Å². The topological polar surface area (TPSA) is 34.1 Å². The lowest BCUT2D eigenvalue weighted by Crippen LogP contribution is -2.18. The van der Waals surface area contributed by atoms with Gasteiger partial charge in [-0.3, -0.25) is 0 Å². The van der Waals surface area contributed by atoms with E-state index < -0.39 is 0 Å². The van der Waals surface area contributed by atoms with E-state index in [0.29, 0.717) is 5.92 Å². The monoisotopic (exact) mass is 250 g/mol. The average Bonchev–Trinajstić information content (AvgIpc) is 2.69. The van der Waals surface area contributed by atoms with Crippen LogP contribution in [0.4, 0.5) is 0 Å². The molecule has 0 fully saturated rings. The molecule has 1 aromatic carbocycles. The standard InChI is InChI=1S/C13H18N2OS/c1-9(2)7-14-8-13-15-11-5-4-10(16-3)6-12(11)17-13/h4-6,9,14H,7-8H2,1-3H3. The van der Waals surface area contributed by atoms with Crippen LogP contribution in [0.25, 0.3) is 10.2 Å². The van der Waals surface area contributed by atoms with E-state index in [1.807, 2.05) is 18.2 Å². The average molecular weight is 250 g/mol. The maximum Gasteiger partial charge on any atom is 0.120 e. The van der Waals surface area contributed by atoms with Gasteiger partial charge in [0.15, 0.2) is 0 Å². The molecule has 4 heteroatoms. The van der Waals surface area contributed by atoms with Crippen molar-refractivity contribution in [3.05, 3.63) is 23.2 Å². The van der Waals surface area contributed by atoms with Gasteiger partial charge in [-0.1, -0.05) is 13.8 Å². The molecule has 1 heterocycles. The summed E-state index contributed by atoms with van der Waals surface area (Å²) in [4.78, 5) is 4.59. The van der Waals surface area contributed by atoms with Gasteiger partial charge in [-0.15, -0.1) is 11.3 Å². The molecule has 0 spiro atoms. The van der Waals surface area contributed by atoms with Crippen LogP contribution in [0.2, 0.25) is 0 Å². The molecule has 2 aromatic rings. The molecule has 0 bridgehead atoms. The summed E-state index contributed by atoms with van der Waals surface area (Å²) in [5, 5.41) is 4.54. The van der Waals surface area contributed by atoms with Gasteiger partial charge < -0.3 is 10.1 Å². The van der Waals surface area contributed by atoms with Crippen molar-refractivity contribution < 1.29 is 4.74 Å². The van der Waals surface area contributed by atoms with E-state index >= 15 is 0 Å². The number of methoxy groups -OCH3 is 1. The number of ether oxygens (including phenoxy) is 1. The molecular weight excluding hydrogens is 232 g/mol. The molecule has 0 aliphatic carbocycles. The lowest BCUT2D eigenvalue weighted by atomic mass is 10.2. The minimum Gasteiger partial charge on any atom is -0.497 e. The SMILES string of the molecule is COc1ccc2nc(CNCC(C)C)sc2c1. The maximum absolute atomic E-state index is 5.21. The maximum atomic E-state index is 5.21. The van der Waals surface area contributed by atoms with Gasteiger partial charge in [0, 0.05) is 6.54 Å². The van der Waals surface area contributed by atoms with Crippen molar-refractivity contribution >= 4 is 21.6 Å². The van der Waals surface area contributed by atoms with Crippen molar-refractivity contribution in [1.29, 1.82) is 0 Å². The summed E-state index contributed by atoms with van der Waals surface area (Å²) >= 11 is 1.72. The first-order valence-electron chi connectivity index (χ1n) is 5.83. The van der Waals surface area contributed by atoms with Gasteiger partial charge in [-0.25, -0.2) is 4.98 Å². The number of fused-ring (bicyclic) bond motifs is 1. The number of nitrogens with one attached hydrogen (secondary N) is 1. The quantitative estimate of drug-likeness (QED) is 0.885. The molecule has 92 valence electrons. The van der Waals surface area contributed by atoms with E-state index in [-0.39, 0.29) is 0 Å². The zero-order valence-electron chi connectivity index (χ0n) is 10.5. The number of hydrogen-bond donors (Lipinski definition) is 1. The Bertz CT molecular complexity index is 493. The predicted octanol–water partition coefficient (Wildman–Crippen LogP) is 3.05. The summed E-state index contributed by atoms with van der Waals surface area (Å²) in [7, 11) is 1.69. The first-order chi connectivity index (χ1) is 8.19. The normalized spacial score (nSPS) is 11.3. The molecule has 1 aromatic heterocycles. The highest BCUT2D eigenvalue weighted by Gasteiger charge is 2.04. The van der Waals surface area contributed by atoms with Crippen molar-refractivity contribution in [1.82, 2.24) is 10.3 Å². The van der Waals surface area contributed by atoms with Crippen LogP contribution in [0.5, 0.6) is 5.75 Å². The van der Waals surface area contributed by atoms with E-state index in [4.69, 9.17) is 4.74 Å². The van der Waals surface area contributed by atoms with Gasteiger partial charge in [-0.2, -0.15) is 0 Å². The lowest BCUT2D eigenvalue weighted by Gasteiger charge is -2.04. The number of hydrogen-bond acceptors (Lipinski definition) is 4. The summed E-state index contributed by atoms with van der Waals surface area (Å²) in [5.41, 5.74) is 1.05. The molecule has 0 saturated heterocycles. The first-order valence-corrected chi connectivity index (χ1v) is 6.65. The summed E-state index contributed by atoms with van der Waals surface area (Å²) in [6.45, 7) is 6.28.